The van der Waals surface area contributed by atoms with Crippen molar-refractivity contribution in [3.05, 3.63) is 40.2 Å². The van der Waals surface area contributed by atoms with Crippen molar-refractivity contribution >= 4 is 45.8 Å². The van der Waals surface area contributed by atoms with Gasteiger partial charge in [-0.2, -0.15) is 0 Å². The highest BCUT2D eigenvalue weighted by Crippen LogP contribution is 2.52. The number of carbonyl (C=O) groups excluding carboxylic acids is 2. The number of ether oxygens (including phenoxy) is 2. The van der Waals surface area contributed by atoms with Crippen molar-refractivity contribution in [3.63, 3.8) is 0 Å². The minimum atomic E-state index is -3.04. The van der Waals surface area contributed by atoms with Gasteiger partial charge in [0.25, 0.3) is 0 Å². The summed E-state index contributed by atoms with van der Waals surface area (Å²) in [4.78, 5) is 52.3. The van der Waals surface area contributed by atoms with Crippen molar-refractivity contribution in [1.82, 2.24) is 34.0 Å². The first-order chi connectivity index (χ1) is 23.9. The standard InChI is InChI=1S/C28H35N9O5/c1-14-8-21(33-24-23(14)34-22(13-41-4)37(24)28(25(29)38)11-15(28)2)32-20-10-18-19(12-30-20)35(3)27(40)36(18)17-7-6-16(9-17)31-26(39)42-5/h8,10,12,15-17H,6-7,9,11,13H2,1-5H3,(H2,29,38)(H,31,39)(H,30,32,33)/t15-,16+,17+,28-/m0/s1/i3D3,4D3,5D3,16D. The predicted molar refractivity (Wildman–Crippen MR) is 154 cm³/mol. The van der Waals surface area contributed by atoms with Crippen molar-refractivity contribution in [2.24, 2.45) is 18.6 Å². The van der Waals surface area contributed by atoms with Gasteiger partial charge >= 0.3 is 11.8 Å². The number of aromatic nitrogens is 6. The lowest BCUT2D eigenvalue weighted by atomic mass is 10.2. The number of anilines is 2. The molecule has 0 aromatic carbocycles. The molecule has 222 valence electrons. The van der Waals surface area contributed by atoms with Crippen LogP contribution in [0.15, 0.2) is 23.1 Å². The van der Waals surface area contributed by atoms with Crippen LogP contribution in [0.5, 0.6) is 0 Å². The van der Waals surface area contributed by atoms with E-state index in [-0.39, 0.29) is 59.3 Å². The van der Waals surface area contributed by atoms with Crippen LogP contribution in [0.3, 0.4) is 0 Å². The van der Waals surface area contributed by atoms with Gasteiger partial charge < -0.3 is 25.8 Å². The highest BCUT2D eigenvalue weighted by molar-refractivity contribution is 5.90. The Hall–Kier alpha value is -4.46. The number of imidazole rings is 2. The molecule has 4 heterocycles. The molecule has 0 bridgehead atoms. The fourth-order valence-electron chi connectivity index (χ4n) is 6.06. The van der Waals surface area contributed by atoms with E-state index in [4.69, 9.17) is 29.2 Å². The summed E-state index contributed by atoms with van der Waals surface area (Å²) in [5.41, 5.74) is 5.02. The van der Waals surface area contributed by atoms with E-state index in [0.717, 1.165) is 0 Å². The van der Waals surface area contributed by atoms with Crippen LogP contribution in [0, 0.1) is 12.8 Å². The summed E-state index contributed by atoms with van der Waals surface area (Å²) in [6.45, 7) is 0.186. The Morgan fingerprint density at radius 3 is 2.79 bits per heavy atom. The van der Waals surface area contributed by atoms with Crippen LogP contribution in [0.25, 0.3) is 22.2 Å². The number of hydrogen-bond acceptors (Lipinski definition) is 9. The molecule has 6 rings (SSSR count). The van der Waals surface area contributed by atoms with E-state index in [1.807, 2.05) is 6.92 Å². The first-order valence-corrected chi connectivity index (χ1v) is 13.2. The van der Waals surface area contributed by atoms with Gasteiger partial charge in [0.05, 0.1) is 33.9 Å². The molecular formula is C28H35N9O5. The summed E-state index contributed by atoms with van der Waals surface area (Å²) in [5.74, 6) is -0.382. The maximum Gasteiger partial charge on any atom is 0.407 e. The number of amides is 2. The van der Waals surface area contributed by atoms with E-state index in [2.05, 4.69) is 25.3 Å². The van der Waals surface area contributed by atoms with E-state index in [9.17, 15) is 14.4 Å². The average molecular weight is 588 g/mol. The molecule has 2 saturated carbocycles. The molecule has 4 aromatic heterocycles. The second-order valence-corrected chi connectivity index (χ2v) is 10.7. The molecule has 14 heteroatoms. The van der Waals surface area contributed by atoms with Gasteiger partial charge in [0.15, 0.2) is 5.65 Å². The lowest BCUT2D eigenvalue weighted by Crippen LogP contribution is -2.37. The Labute approximate surface area is 255 Å². The number of rotatable bonds is 8. The molecule has 4 aromatic rings. The molecule has 2 aliphatic carbocycles. The molecule has 2 amide bonds. The van der Waals surface area contributed by atoms with E-state index in [1.165, 1.54) is 21.4 Å². The number of hydrogen-bond donors (Lipinski definition) is 3. The van der Waals surface area contributed by atoms with E-state index < -0.39 is 62.9 Å². The summed E-state index contributed by atoms with van der Waals surface area (Å²) >= 11 is 0. The van der Waals surface area contributed by atoms with Gasteiger partial charge in [0, 0.05) is 36.3 Å². The van der Waals surface area contributed by atoms with Crippen LogP contribution >= 0.6 is 0 Å². The summed E-state index contributed by atoms with van der Waals surface area (Å²) in [7, 11) is -5.77. The molecule has 0 saturated heterocycles. The zero-order chi connectivity index (χ0) is 38.3. The number of nitrogens with one attached hydrogen (secondary N) is 2. The highest BCUT2D eigenvalue weighted by atomic mass is 16.5. The molecule has 0 spiro atoms. The number of fused-ring (bicyclic) bond motifs is 2. The smallest absolute Gasteiger partial charge is 0.407 e. The van der Waals surface area contributed by atoms with Crippen molar-refractivity contribution < 1.29 is 32.8 Å². The first-order valence-electron chi connectivity index (χ1n) is 18.2. The molecule has 4 N–H and O–H groups in total. The molecule has 42 heavy (non-hydrogen) atoms. The fraction of sp³-hybridized carbons (Fsp3) is 0.500. The highest BCUT2D eigenvalue weighted by Gasteiger charge is 2.59. The molecular weight excluding hydrogens is 542 g/mol. The third-order valence-electron chi connectivity index (χ3n) is 8.19. The topological polar surface area (TPSA) is 173 Å². The van der Waals surface area contributed by atoms with Gasteiger partial charge in [-0.05, 0) is 50.2 Å². The van der Waals surface area contributed by atoms with Crippen molar-refractivity contribution in [2.45, 2.75) is 63.7 Å². The quantitative estimate of drug-likeness (QED) is 0.280. The lowest BCUT2D eigenvalue weighted by Gasteiger charge is -2.19. The van der Waals surface area contributed by atoms with Crippen LogP contribution in [-0.4, -0.2) is 60.7 Å². The predicted octanol–water partition coefficient (Wildman–Crippen LogP) is 2.35. The maximum atomic E-state index is 13.7. The number of alkyl carbamates (subject to hydrolysis) is 1. The number of nitrogens with zero attached hydrogens (tertiary/aromatic N) is 6. The molecule has 0 unspecified atom stereocenters. The summed E-state index contributed by atoms with van der Waals surface area (Å²) < 4.78 is 89.4. The molecule has 2 fully saturated rings. The van der Waals surface area contributed by atoms with Crippen molar-refractivity contribution in [3.8, 4) is 0 Å². The fourth-order valence-corrected chi connectivity index (χ4v) is 6.06. The SMILES string of the molecule is [2H]C([2H])([2H])OCc1nc2c(C)cc(Nc3cc4c(cn3)n(C([2H])([2H])[2H])c(=O)n4[C@@H]3CC[C@@]([2H])(NC(=O)OC([2H])([2H])[2H])C3)nc2n1[C@@]1(C(N)=O)C[C@@H]1C. The Bertz CT molecular complexity index is 2160. The van der Waals surface area contributed by atoms with Crippen LogP contribution < -0.4 is 22.1 Å². The Morgan fingerprint density at radius 1 is 1.24 bits per heavy atom. The number of nitrogens with two attached hydrogens (primary N) is 1. The minimum absolute atomic E-state index is 0.00146. The number of methoxy groups -OCH3 is 2. The zero-order valence-corrected chi connectivity index (χ0v) is 22.7. The van der Waals surface area contributed by atoms with Gasteiger partial charge in [-0.15, -0.1) is 0 Å². The van der Waals surface area contributed by atoms with E-state index in [1.54, 1.807) is 13.0 Å². The van der Waals surface area contributed by atoms with Gasteiger partial charge in [-0.1, -0.05) is 6.92 Å². The van der Waals surface area contributed by atoms with Gasteiger partial charge in [-0.25, -0.2) is 24.5 Å². The van der Waals surface area contributed by atoms with Crippen LogP contribution in [0.1, 0.15) is 63.7 Å². The summed E-state index contributed by atoms with van der Waals surface area (Å²) in [6, 6.07) is 0.556. The largest absolute Gasteiger partial charge is 0.453 e. The Morgan fingerprint density at radius 2 is 2.07 bits per heavy atom. The summed E-state index contributed by atoms with van der Waals surface area (Å²) in [6.07, 6.45) is 0.199. The second kappa shape index (κ2) is 10.1. The normalized spacial score (nSPS) is 29.6. The lowest BCUT2D eigenvalue weighted by molar-refractivity contribution is -0.122. The molecule has 0 aliphatic heterocycles. The van der Waals surface area contributed by atoms with Crippen LogP contribution in [0.4, 0.5) is 16.4 Å². The zero-order valence-electron chi connectivity index (χ0n) is 32.7. The van der Waals surface area contributed by atoms with E-state index in [0.29, 0.717) is 22.1 Å². The Kier molecular flexibility index (Phi) is 4.37. The number of pyridine rings is 2. The number of aryl methyl sites for hydroxylation is 2. The molecule has 0 radical (unpaired) electrons. The van der Waals surface area contributed by atoms with Crippen LogP contribution in [0.2, 0.25) is 0 Å². The van der Waals surface area contributed by atoms with Gasteiger partial charge in [0.2, 0.25) is 5.91 Å². The van der Waals surface area contributed by atoms with E-state index >= 15 is 0 Å². The molecule has 2 aliphatic rings. The third-order valence-corrected chi connectivity index (χ3v) is 8.19. The van der Waals surface area contributed by atoms with Crippen molar-refractivity contribution in [1.29, 1.82) is 0 Å². The van der Waals surface area contributed by atoms with Crippen molar-refractivity contribution in [2.75, 3.05) is 19.4 Å². The maximum absolute atomic E-state index is 13.7. The number of carbonyl (C=O) groups is 2. The molecule has 4 atom stereocenters. The van der Waals surface area contributed by atoms with Gasteiger partial charge in [0.1, 0.15) is 35.1 Å². The first kappa shape index (κ1) is 18.2. The second-order valence-electron chi connectivity index (χ2n) is 10.7. The van der Waals surface area contributed by atoms with Crippen LogP contribution in [-0.2, 0) is 33.4 Å². The molecule has 14 nitrogen and oxygen atoms in total. The Balaban J connectivity index is 1.40. The monoisotopic (exact) mass is 587 g/mol. The average Bonchev–Trinajstić information content (AvgIpc) is 3.22. The third kappa shape index (κ3) is 4.28. The van der Waals surface area contributed by atoms with Gasteiger partial charge in [-0.3, -0.25) is 18.5 Å². The minimum Gasteiger partial charge on any atom is -0.453 e. The number of primary amides is 1. The summed E-state index contributed by atoms with van der Waals surface area (Å²) in [5, 5.41) is 5.29.